The maximum Gasteiger partial charge on any atom is 0.249 e. The zero-order valence-corrected chi connectivity index (χ0v) is 12.2. The van der Waals surface area contributed by atoms with Crippen LogP contribution in [0.5, 0.6) is 0 Å². The molecule has 2 aliphatic rings. The van der Waals surface area contributed by atoms with Crippen molar-refractivity contribution in [3.8, 4) is 6.07 Å². The first-order valence-electron chi connectivity index (χ1n) is 6.35. The van der Waals surface area contributed by atoms with Crippen molar-refractivity contribution in [3.05, 3.63) is 5.82 Å². The summed E-state index contributed by atoms with van der Waals surface area (Å²) >= 11 is 1.59. The lowest BCUT2D eigenvalue weighted by atomic mass is 9.95. The van der Waals surface area contributed by atoms with Crippen molar-refractivity contribution < 1.29 is 9.59 Å². The van der Waals surface area contributed by atoms with Crippen molar-refractivity contribution in [2.75, 3.05) is 0 Å². The summed E-state index contributed by atoms with van der Waals surface area (Å²) in [6.07, 6.45) is -0.250. The average molecular weight is 307 g/mol. The molecule has 0 radical (unpaired) electrons. The maximum atomic E-state index is 12.3. The van der Waals surface area contributed by atoms with Crippen molar-refractivity contribution in [3.63, 3.8) is 0 Å². The number of nitrogens with one attached hydrogen (secondary N) is 2. The zero-order valence-electron chi connectivity index (χ0n) is 11.4. The van der Waals surface area contributed by atoms with E-state index in [4.69, 9.17) is 5.26 Å². The Hall–Kier alpha value is -2.15. The molecule has 0 bridgehead atoms. The zero-order chi connectivity index (χ0) is 15.2. The number of nitrogens with zero attached hydrogens (tertiary/aromatic N) is 5. The highest BCUT2D eigenvalue weighted by atomic mass is 32.2. The highest BCUT2D eigenvalue weighted by molar-refractivity contribution is 8.01. The van der Waals surface area contributed by atoms with E-state index in [-0.39, 0.29) is 28.5 Å². The minimum absolute atomic E-state index is 0.162. The largest absolute Gasteiger partial charge is 0.341 e. The number of nitriles is 1. The van der Waals surface area contributed by atoms with Gasteiger partial charge < -0.3 is 10.2 Å². The number of hydrogen-bond acceptors (Lipinski definition) is 7. The molecular weight excluding hydrogens is 294 g/mol. The average Bonchev–Trinajstić information content (AvgIpc) is 3.00. The fraction of sp³-hybridized carbons (Fsp3) is 0.636. The van der Waals surface area contributed by atoms with E-state index >= 15 is 0 Å². The Morgan fingerprint density at radius 3 is 3.00 bits per heavy atom. The van der Waals surface area contributed by atoms with E-state index in [1.165, 1.54) is 0 Å². The quantitative estimate of drug-likeness (QED) is 0.709. The van der Waals surface area contributed by atoms with Crippen LogP contribution in [0.3, 0.4) is 0 Å². The molecule has 21 heavy (non-hydrogen) atoms. The van der Waals surface area contributed by atoms with Gasteiger partial charge in [0.1, 0.15) is 23.9 Å². The Kier molecular flexibility index (Phi) is 3.09. The molecule has 1 aromatic heterocycles. The Morgan fingerprint density at radius 2 is 2.38 bits per heavy atom. The van der Waals surface area contributed by atoms with Crippen LogP contribution in [0.25, 0.3) is 0 Å². The van der Waals surface area contributed by atoms with Gasteiger partial charge in [-0.1, -0.05) is 0 Å². The summed E-state index contributed by atoms with van der Waals surface area (Å²) in [5.74, 6) is -0.0744. The van der Waals surface area contributed by atoms with Gasteiger partial charge in [-0.15, -0.1) is 16.9 Å². The molecule has 2 unspecified atom stereocenters. The summed E-state index contributed by atoms with van der Waals surface area (Å²) in [4.78, 5) is 25.5. The Bertz CT molecular complexity index is 623. The van der Waals surface area contributed by atoms with Crippen LogP contribution in [0.15, 0.2) is 0 Å². The molecule has 2 aliphatic heterocycles. The van der Waals surface area contributed by atoms with Crippen molar-refractivity contribution >= 4 is 23.6 Å². The summed E-state index contributed by atoms with van der Waals surface area (Å²) in [5, 5.41) is 24.7. The van der Waals surface area contributed by atoms with Crippen molar-refractivity contribution in [2.24, 2.45) is 0 Å². The maximum absolute atomic E-state index is 12.3. The molecule has 0 aromatic carbocycles. The van der Waals surface area contributed by atoms with Gasteiger partial charge in [-0.05, 0) is 24.3 Å². The summed E-state index contributed by atoms with van der Waals surface area (Å²) in [5.41, 5.74) is 0. The molecule has 2 saturated heterocycles. The Balaban J connectivity index is 1.80. The second-order valence-electron chi connectivity index (χ2n) is 5.43. The van der Waals surface area contributed by atoms with Crippen LogP contribution in [-0.2, 0) is 9.59 Å². The van der Waals surface area contributed by atoms with Gasteiger partial charge in [0.05, 0.1) is 6.07 Å². The normalized spacial score (nSPS) is 29.5. The fourth-order valence-corrected chi connectivity index (χ4v) is 4.40. The van der Waals surface area contributed by atoms with E-state index < -0.39 is 11.9 Å². The number of rotatable bonds is 3. The van der Waals surface area contributed by atoms with Crippen LogP contribution in [-0.4, -0.2) is 53.5 Å². The Labute approximate surface area is 124 Å². The molecule has 2 fully saturated rings. The highest BCUT2D eigenvalue weighted by Gasteiger charge is 2.63. The SMILES string of the molecule is CC1(C)S[C@@H]2C(NC(=O)CC#N)C(=O)N2C1c1nnn[nH]1. The number of amides is 2. The molecule has 110 valence electrons. The van der Waals surface area contributed by atoms with E-state index in [9.17, 15) is 9.59 Å². The highest BCUT2D eigenvalue weighted by Crippen LogP contribution is 2.56. The van der Waals surface area contributed by atoms with Crippen molar-refractivity contribution in [1.82, 2.24) is 30.8 Å². The topological polar surface area (TPSA) is 128 Å². The van der Waals surface area contributed by atoms with Crippen LogP contribution in [0.1, 0.15) is 32.1 Å². The number of β-lactam (4-membered cyclic amide) rings is 1. The number of aromatic nitrogens is 4. The van der Waals surface area contributed by atoms with Gasteiger partial charge in [-0.3, -0.25) is 9.59 Å². The fourth-order valence-electron chi connectivity index (χ4n) is 2.77. The standard InChI is InChI=1S/C11H13N7O2S/c1-11(2)7(8-14-16-17-15-8)18-9(20)6(10(18)21-11)13-5(19)3-4-12/h6-7,10H,3H2,1-2H3,(H,13,19)(H,14,15,16,17)/t6?,7?,10-/m1/s1. The molecular formula is C11H13N7O2S. The van der Waals surface area contributed by atoms with Crippen LogP contribution in [0.2, 0.25) is 0 Å². The van der Waals surface area contributed by atoms with Crippen LogP contribution >= 0.6 is 11.8 Å². The number of H-pyrrole nitrogens is 1. The number of fused-ring (bicyclic) bond motifs is 1. The molecule has 3 rings (SSSR count). The molecule has 2 amide bonds. The molecule has 0 aliphatic carbocycles. The minimum atomic E-state index is -0.587. The van der Waals surface area contributed by atoms with Crippen molar-refractivity contribution in [1.29, 1.82) is 5.26 Å². The third kappa shape index (κ3) is 2.04. The molecule has 2 N–H and O–H groups in total. The van der Waals surface area contributed by atoms with E-state index in [0.717, 1.165) is 0 Å². The van der Waals surface area contributed by atoms with E-state index in [1.807, 2.05) is 13.8 Å². The number of carbonyl (C=O) groups is 2. The van der Waals surface area contributed by atoms with Crippen LogP contribution in [0, 0.1) is 11.3 Å². The molecule has 0 spiro atoms. The summed E-state index contributed by atoms with van der Waals surface area (Å²) < 4.78 is -0.282. The molecule has 3 atom stereocenters. The number of tetrazole rings is 1. The third-order valence-corrected chi connectivity index (χ3v) is 5.19. The van der Waals surface area contributed by atoms with Crippen LogP contribution in [0.4, 0.5) is 0 Å². The monoisotopic (exact) mass is 307 g/mol. The molecule has 3 heterocycles. The van der Waals surface area contributed by atoms with E-state index in [1.54, 1.807) is 22.7 Å². The number of hydrogen-bond donors (Lipinski definition) is 2. The van der Waals surface area contributed by atoms with Gasteiger partial charge in [-0.25, -0.2) is 5.10 Å². The number of aromatic amines is 1. The van der Waals surface area contributed by atoms with Gasteiger partial charge in [-0.2, -0.15) is 5.26 Å². The second-order valence-corrected chi connectivity index (χ2v) is 7.20. The first kappa shape index (κ1) is 13.8. The number of carbonyl (C=O) groups excluding carboxylic acids is 2. The predicted molar refractivity (Wildman–Crippen MR) is 71.4 cm³/mol. The summed E-state index contributed by atoms with van der Waals surface area (Å²) in [6.45, 7) is 4.01. The van der Waals surface area contributed by atoms with Crippen LogP contribution < -0.4 is 5.32 Å². The minimum Gasteiger partial charge on any atom is -0.341 e. The molecule has 0 saturated carbocycles. The van der Waals surface area contributed by atoms with Gasteiger partial charge in [0.2, 0.25) is 11.8 Å². The van der Waals surface area contributed by atoms with E-state index in [0.29, 0.717) is 5.82 Å². The van der Waals surface area contributed by atoms with Gasteiger partial charge in [0.25, 0.3) is 0 Å². The lowest BCUT2D eigenvalue weighted by Gasteiger charge is -2.44. The predicted octanol–water partition coefficient (Wildman–Crippen LogP) is -0.667. The Morgan fingerprint density at radius 1 is 1.62 bits per heavy atom. The van der Waals surface area contributed by atoms with Gasteiger partial charge >= 0.3 is 0 Å². The molecule has 10 heteroatoms. The number of thioether (sulfide) groups is 1. The second kappa shape index (κ2) is 4.70. The summed E-state index contributed by atoms with van der Waals surface area (Å²) in [7, 11) is 0. The smallest absolute Gasteiger partial charge is 0.249 e. The van der Waals surface area contributed by atoms with Gasteiger partial charge in [0.15, 0.2) is 5.82 Å². The van der Waals surface area contributed by atoms with Crippen molar-refractivity contribution in [2.45, 2.75) is 42.5 Å². The molecule has 1 aromatic rings. The lowest BCUT2D eigenvalue weighted by Crippen LogP contribution is -2.67. The van der Waals surface area contributed by atoms with E-state index in [2.05, 4.69) is 25.9 Å². The molecule has 9 nitrogen and oxygen atoms in total. The third-order valence-electron chi connectivity index (χ3n) is 3.62. The van der Waals surface area contributed by atoms with Gasteiger partial charge in [0, 0.05) is 4.75 Å². The first-order valence-corrected chi connectivity index (χ1v) is 7.23. The summed E-state index contributed by atoms with van der Waals surface area (Å²) in [6, 6.07) is 0.916. The lowest BCUT2D eigenvalue weighted by molar-refractivity contribution is -0.151. The first-order chi connectivity index (χ1) is 9.95.